The van der Waals surface area contributed by atoms with Gasteiger partial charge in [0.1, 0.15) is 12.2 Å². The number of methoxy groups -OCH3 is 1. The minimum absolute atomic E-state index is 0.0249. The van der Waals surface area contributed by atoms with Crippen LogP contribution in [0.25, 0.3) is 0 Å². The fraction of sp³-hybridized carbons (Fsp3) is 0.455. The largest absolute Gasteiger partial charge is 0.493 e. The van der Waals surface area contributed by atoms with Gasteiger partial charge in [0.05, 0.1) is 24.7 Å². The van der Waals surface area contributed by atoms with Crippen molar-refractivity contribution in [2.75, 3.05) is 20.3 Å². The van der Waals surface area contributed by atoms with Crippen LogP contribution in [0.5, 0.6) is 11.5 Å². The maximum Gasteiger partial charge on any atom is 0.273 e. The number of benzene rings is 1. The first-order valence-electron chi connectivity index (χ1n) is 5.13. The predicted molar refractivity (Wildman–Crippen MR) is 59.5 cm³/mol. The molecule has 6 heteroatoms. The van der Waals surface area contributed by atoms with Crippen LogP contribution in [0.4, 0.5) is 5.69 Å². The molecule has 1 aliphatic heterocycles. The lowest BCUT2D eigenvalue weighted by Crippen LogP contribution is -2.17. The highest BCUT2D eigenvalue weighted by Gasteiger charge is 2.40. The van der Waals surface area contributed by atoms with E-state index in [9.17, 15) is 10.1 Å². The highest BCUT2D eigenvalue weighted by Crippen LogP contribution is 2.33. The summed E-state index contributed by atoms with van der Waals surface area (Å²) in [7, 11) is 1.45. The molecule has 0 radical (unpaired) electrons. The first-order valence-corrected chi connectivity index (χ1v) is 5.13. The highest BCUT2D eigenvalue weighted by molar-refractivity contribution is 5.48. The van der Waals surface area contributed by atoms with E-state index in [4.69, 9.17) is 14.2 Å². The Morgan fingerprint density at radius 1 is 1.53 bits per heavy atom. The molecule has 92 valence electrons. The van der Waals surface area contributed by atoms with E-state index < -0.39 is 4.92 Å². The summed E-state index contributed by atoms with van der Waals surface area (Å²) in [6, 6.07) is 4.25. The van der Waals surface area contributed by atoms with Crippen molar-refractivity contribution in [3.63, 3.8) is 0 Å². The topological polar surface area (TPSA) is 74.1 Å². The molecule has 0 N–H and O–H groups in total. The number of nitro benzene ring substituents is 1. The van der Waals surface area contributed by atoms with Gasteiger partial charge in [-0.2, -0.15) is 0 Å². The Hall–Kier alpha value is -1.82. The first-order chi connectivity index (χ1) is 8.04. The normalized spacial score (nSPS) is 22.0. The molecule has 1 aromatic carbocycles. The Balaban J connectivity index is 2.12. The SMILES string of the molecule is COc1cc([N+](=O)[O-])ccc1OCC1(C)CO1. The smallest absolute Gasteiger partial charge is 0.273 e. The van der Waals surface area contributed by atoms with E-state index in [2.05, 4.69) is 0 Å². The minimum atomic E-state index is -0.475. The lowest BCUT2D eigenvalue weighted by atomic mass is 10.2. The maximum atomic E-state index is 10.6. The molecule has 2 rings (SSSR count). The van der Waals surface area contributed by atoms with Gasteiger partial charge in [0.25, 0.3) is 5.69 Å². The fourth-order valence-electron chi connectivity index (χ4n) is 1.33. The van der Waals surface area contributed by atoms with Gasteiger partial charge in [-0.3, -0.25) is 10.1 Å². The summed E-state index contributed by atoms with van der Waals surface area (Å²) in [5, 5.41) is 10.6. The summed E-state index contributed by atoms with van der Waals surface area (Å²) in [6.45, 7) is 3.01. The molecule has 6 nitrogen and oxygen atoms in total. The highest BCUT2D eigenvalue weighted by atomic mass is 16.6. The minimum Gasteiger partial charge on any atom is -0.493 e. The molecule has 0 aromatic heterocycles. The summed E-state index contributed by atoms with van der Waals surface area (Å²) in [5.41, 5.74) is -0.254. The summed E-state index contributed by atoms with van der Waals surface area (Å²) < 4.78 is 15.7. The second-order valence-electron chi connectivity index (χ2n) is 4.12. The van der Waals surface area contributed by atoms with Crippen molar-refractivity contribution in [3.8, 4) is 11.5 Å². The van der Waals surface area contributed by atoms with Crippen molar-refractivity contribution in [1.82, 2.24) is 0 Å². The van der Waals surface area contributed by atoms with Gasteiger partial charge in [0, 0.05) is 6.07 Å². The lowest BCUT2D eigenvalue weighted by Gasteiger charge is -2.11. The summed E-state index contributed by atoms with van der Waals surface area (Å²) in [4.78, 5) is 10.1. The third kappa shape index (κ3) is 2.65. The van der Waals surface area contributed by atoms with Gasteiger partial charge in [-0.25, -0.2) is 0 Å². The Kier molecular flexibility index (Phi) is 2.89. The molecule has 1 heterocycles. The van der Waals surface area contributed by atoms with Crippen LogP contribution in [0.2, 0.25) is 0 Å². The summed E-state index contributed by atoms with van der Waals surface area (Å²) in [6.07, 6.45) is 0. The third-order valence-corrected chi connectivity index (χ3v) is 2.53. The third-order valence-electron chi connectivity index (χ3n) is 2.53. The Bertz CT molecular complexity index is 441. The molecular weight excluding hydrogens is 226 g/mol. The quantitative estimate of drug-likeness (QED) is 0.444. The van der Waals surface area contributed by atoms with Crippen LogP contribution in [0.3, 0.4) is 0 Å². The van der Waals surface area contributed by atoms with Gasteiger partial charge in [0.15, 0.2) is 11.5 Å². The van der Waals surface area contributed by atoms with E-state index in [-0.39, 0.29) is 11.3 Å². The van der Waals surface area contributed by atoms with Crippen molar-refractivity contribution >= 4 is 5.69 Å². The average Bonchev–Trinajstić information content (AvgIpc) is 3.05. The Morgan fingerprint density at radius 2 is 2.24 bits per heavy atom. The number of rotatable bonds is 5. The molecule has 1 unspecified atom stereocenters. The van der Waals surface area contributed by atoms with Crippen LogP contribution in [-0.4, -0.2) is 30.8 Å². The Morgan fingerprint density at radius 3 is 2.76 bits per heavy atom. The molecule has 1 atom stereocenters. The molecule has 1 saturated heterocycles. The van der Waals surface area contributed by atoms with E-state index in [1.807, 2.05) is 6.92 Å². The van der Waals surface area contributed by atoms with Crippen molar-refractivity contribution in [3.05, 3.63) is 28.3 Å². The number of hydrogen-bond acceptors (Lipinski definition) is 5. The van der Waals surface area contributed by atoms with Crippen molar-refractivity contribution < 1.29 is 19.1 Å². The standard InChI is InChI=1S/C11H13NO5/c1-11(7-17-11)6-16-9-4-3-8(12(13)14)5-10(9)15-2/h3-5H,6-7H2,1-2H3. The molecule has 1 aromatic rings. The first kappa shape index (κ1) is 11.7. The second-order valence-corrected chi connectivity index (χ2v) is 4.12. The zero-order valence-corrected chi connectivity index (χ0v) is 9.63. The number of non-ortho nitro benzene ring substituents is 1. The van der Waals surface area contributed by atoms with Crippen LogP contribution in [0, 0.1) is 10.1 Å². The average molecular weight is 239 g/mol. The van der Waals surface area contributed by atoms with Gasteiger partial charge in [-0.15, -0.1) is 0 Å². The lowest BCUT2D eigenvalue weighted by molar-refractivity contribution is -0.384. The van der Waals surface area contributed by atoms with Gasteiger partial charge < -0.3 is 14.2 Å². The van der Waals surface area contributed by atoms with Gasteiger partial charge in [-0.1, -0.05) is 0 Å². The number of nitro groups is 1. The Labute approximate surface area is 98.2 Å². The molecule has 0 spiro atoms. The van der Waals surface area contributed by atoms with Crippen molar-refractivity contribution in [2.24, 2.45) is 0 Å². The second kappa shape index (κ2) is 4.21. The molecule has 17 heavy (non-hydrogen) atoms. The number of epoxide rings is 1. The predicted octanol–water partition coefficient (Wildman–Crippen LogP) is 1.77. The number of ether oxygens (including phenoxy) is 3. The molecule has 0 aliphatic carbocycles. The monoisotopic (exact) mass is 239 g/mol. The van der Waals surface area contributed by atoms with Crippen LogP contribution in [-0.2, 0) is 4.74 Å². The van der Waals surface area contributed by atoms with E-state index in [0.29, 0.717) is 24.7 Å². The zero-order chi connectivity index (χ0) is 12.5. The number of nitrogens with zero attached hydrogens (tertiary/aromatic N) is 1. The van der Waals surface area contributed by atoms with E-state index in [1.165, 1.54) is 25.3 Å². The molecule has 0 bridgehead atoms. The van der Waals surface area contributed by atoms with E-state index in [0.717, 1.165) is 0 Å². The summed E-state index contributed by atoms with van der Waals surface area (Å²) >= 11 is 0. The van der Waals surface area contributed by atoms with Crippen molar-refractivity contribution in [1.29, 1.82) is 0 Å². The molecule has 1 fully saturated rings. The van der Waals surface area contributed by atoms with E-state index in [1.54, 1.807) is 0 Å². The van der Waals surface area contributed by atoms with Crippen LogP contribution in [0.15, 0.2) is 18.2 Å². The molecule has 0 saturated carbocycles. The fourth-order valence-corrected chi connectivity index (χ4v) is 1.33. The molecule has 0 amide bonds. The van der Waals surface area contributed by atoms with Gasteiger partial charge in [0.2, 0.25) is 0 Å². The maximum absolute atomic E-state index is 10.6. The molecular formula is C11H13NO5. The van der Waals surface area contributed by atoms with Crippen LogP contribution in [0.1, 0.15) is 6.92 Å². The molecule has 1 aliphatic rings. The van der Waals surface area contributed by atoms with Gasteiger partial charge in [-0.05, 0) is 13.0 Å². The van der Waals surface area contributed by atoms with Crippen LogP contribution >= 0.6 is 0 Å². The van der Waals surface area contributed by atoms with E-state index >= 15 is 0 Å². The summed E-state index contributed by atoms with van der Waals surface area (Å²) in [5.74, 6) is 0.832. The van der Waals surface area contributed by atoms with Crippen LogP contribution < -0.4 is 9.47 Å². The van der Waals surface area contributed by atoms with Crippen molar-refractivity contribution in [2.45, 2.75) is 12.5 Å². The zero-order valence-electron chi connectivity index (χ0n) is 9.63. The number of hydrogen-bond donors (Lipinski definition) is 0. The van der Waals surface area contributed by atoms with Gasteiger partial charge >= 0.3 is 0 Å².